The maximum Gasteiger partial charge on any atom is 0.338 e. The topological polar surface area (TPSA) is 86.1 Å². The van der Waals surface area contributed by atoms with Gasteiger partial charge in [0.05, 0.1) is 23.6 Å². The second-order valence-corrected chi connectivity index (χ2v) is 5.51. The number of anilines is 1. The summed E-state index contributed by atoms with van der Waals surface area (Å²) in [6.07, 6.45) is 0. The molecular weight excluding hydrogens is 332 g/mol. The van der Waals surface area contributed by atoms with Crippen LogP contribution < -0.4 is 5.32 Å². The Morgan fingerprint density at radius 2 is 1.73 bits per heavy atom. The van der Waals surface area contributed by atoms with Crippen LogP contribution in [-0.4, -0.2) is 33.5 Å². The number of aryl methyl sites for hydroxylation is 1. The summed E-state index contributed by atoms with van der Waals surface area (Å²) in [6, 6.07) is 15.8. The maximum atomic E-state index is 12.4. The highest BCUT2D eigenvalue weighted by molar-refractivity contribution is 6.03. The predicted molar refractivity (Wildman–Crippen MR) is 96.4 cm³/mol. The van der Waals surface area contributed by atoms with Gasteiger partial charge < -0.3 is 10.1 Å². The molecule has 0 bridgehead atoms. The number of rotatable bonds is 5. The van der Waals surface area contributed by atoms with Crippen LogP contribution in [0.5, 0.6) is 0 Å². The third-order valence-electron chi connectivity index (χ3n) is 3.64. The van der Waals surface area contributed by atoms with Crippen molar-refractivity contribution in [2.75, 3.05) is 11.9 Å². The molecule has 0 aliphatic carbocycles. The van der Waals surface area contributed by atoms with Crippen LogP contribution in [0.25, 0.3) is 5.69 Å². The molecule has 1 amide bonds. The first-order valence-corrected chi connectivity index (χ1v) is 8.16. The van der Waals surface area contributed by atoms with Crippen LogP contribution in [0.4, 0.5) is 5.69 Å². The van der Waals surface area contributed by atoms with Gasteiger partial charge in [-0.25, -0.2) is 4.79 Å². The summed E-state index contributed by atoms with van der Waals surface area (Å²) in [5.74, 6) is -0.713. The molecule has 0 fully saturated rings. The molecule has 0 aliphatic rings. The van der Waals surface area contributed by atoms with E-state index in [2.05, 4.69) is 15.5 Å². The second kappa shape index (κ2) is 7.60. The molecule has 0 saturated heterocycles. The van der Waals surface area contributed by atoms with Crippen LogP contribution in [0, 0.1) is 6.92 Å². The van der Waals surface area contributed by atoms with Crippen molar-refractivity contribution in [3.63, 3.8) is 0 Å². The van der Waals surface area contributed by atoms with Gasteiger partial charge >= 0.3 is 5.97 Å². The van der Waals surface area contributed by atoms with E-state index < -0.39 is 0 Å². The lowest BCUT2D eigenvalue weighted by Crippen LogP contribution is -2.14. The van der Waals surface area contributed by atoms with E-state index in [0.717, 1.165) is 0 Å². The van der Waals surface area contributed by atoms with Gasteiger partial charge in [0, 0.05) is 5.69 Å². The van der Waals surface area contributed by atoms with Crippen LogP contribution in [0.15, 0.2) is 54.6 Å². The van der Waals surface area contributed by atoms with Crippen LogP contribution in [0.3, 0.4) is 0 Å². The zero-order valence-corrected chi connectivity index (χ0v) is 14.5. The second-order valence-electron chi connectivity index (χ2n) is 5.51. The number of hydrogen-bond donors (Lipinski definition) is 1. The molecule has 0 spiro atoms. The molecule has 0 unspecified atom stereocenters. The Kier molecular flexibility index (Phi) is 5.07. The summed E-state index contributed by atoms with van der Waals surface area (Å²) in [5, 5.41) is 11.3. The van der Waals surface area contributed by atoms with E-state index >= 15 is 0 Å². The first-order valence-electron chi connectivity index (χ1n) is 8.16. The van der Waals surface area contributed by atoms with Gasteiger partial charge in [-0.2, -0.15) is 9.90 Å². The summed E-state index contributed by atoms with van der Waals surface area (Å²) in [6.45, 7) is 3.79. The lowest BCUT2D eigenvalue weighted by atomic mass is 10.2. The number of carbonyl (C=O) groups excluding carboxylic acids is 2. The first-order chi connectivity index (χ1) is 12.6. The molecule has 0 saturated carbocycles. The van der Waals surface area contributed by atoms with E-state index in [9.17, 15) is 9.59 Å². The van der Waals surface area contributed by atoms with E-state index in [1.165, 1.54) is 4.80 Å². The first kappa shape index (κ1) is 17.3. The molecule has 7 heteroatoms. The molecule has 3 aromatic rings. The smallest absolute Gasteiger partial charge is 0.338 e. The molecule has 1 heterocycles. The average Bonchev–Trinajstić information content (AvgIpc) is 3.05. The van der Waals surface area contributed by atoms with Crippen molar-refractivity contribution in [2.45, 2.75) is 13.8 Å². The third-order valence-corrected chi connectivity index (χ3v) is 3.64. The van der Waals surface area contributed by atoms with Gasteiger partial charge in [-0.15, -0.1) is 5.10 Å². The average molecular weight is 350 g/mol. The number of hydrogen-bond acceptors (Lipinski definition) is 5. The number of carbonyl (C=O) groups is 2. The van der Waals surface area contributed by atoms with Gasteiger partial charge in [0.15, 0.2) is 5.69 Å². The van der Waals surface area contributed by atoms with Gasteiger partial charge in [-0.05, 0) is 50.2 Å². The Hall–Kier alpha value is -3.48. The minimum absolute atomic E-state index is 0.239. The Bertz CT molecular complexity index is 918. The fourth-order valence-electron chi connectivity index (χ4n) is 2.36. The highest BCUT2D eigenvalue weighted by Gasteiger charge is 2.17. The lowest BCUT2D eigenvalue weighted by Gasteiger charge is -2.03. The van der Waals surface area contributed by atoms with Crippen molar-refractivity contribution < 1.29 is 14.3 Å². The van der Waals surface area contributed by atoms with Crippen molar-refractivity contribution in [1.29, 1.82) is 0 Å². The Labute approximate surface area is 150 Å². The molecule has 0 atom stereocenters. The molecule has 0 radical (unpaired) electrons. The fraction of sp³-hybridized carbons (Fsp3) is 0.158. The quantitative estimate of drug-likeness (QED) is 0.715. The molecule has 7 nitrogen and oxygen atoms in total. The monoisotopic (exact) mass is 350 g/mol. The molecule has 1 aromatic heterocycles. The Morgan fingerprint density at radius 1 is 1.04 bits per heavy atom. The molecule has 0 aliphatic heterocycles. The number of esters is 1. The van der Waals surface area contributed by atoms with Crippen LogP contribution >= 0.6 is 0 Å². The fourth-order valence-corrected chi connectivity index (χ4v) is 2.36. The summed E-state index contributed by atoms with van der Waals surface area (Å²) >= 11 is 0. The number of para-hydroxylation sites is 1. The zero-order valence-electron chi connectivity index (χ0n) is 14.5. The van der Waals surface area contributed by atoms with E-state index in [1.807, 2.05) is 18.2 Å². The third kappa shape index (κ3) is 3.77. The summed E-state index contributed by atoms with van der Waals surface area (Å²) < 4.78 is 4.95. The van der Waals surface area contributed by atoms with Crippen molar-refractivity contribution in [3.8, 4) is 5.69 Å². The van der Waals surface area contributed by atoms with E-state index in [-0.39, 0.29) is 17.6 Å². The number of amides is 1. The van der Waals surface area contributed by atoms with E-state index in [4.69, 9.17) is 4.74 Å². The number of ether oxygens (including phenoxy) is 1. The molecule has 26 heavy (non-hydrogen) atoms. The molecule has 1 N–H and O–H groups in total. The number of nitrogens with zero attached hydrogens (tertiary/aromatic N) is 3. The van der Waals surface area contributed by atoms with Crippen LogP contribution in [0.1, 0.15) is 33.5 Å². The molecular formula is C19H18N4O3. The predicted octanol–water partition coefficient (Wildman–Crippen LogP) is 3.00. The molecule has 3 rings (SSSR count). The molecule has 132 valence electrons. The van der Waals surface area contributed by atoms with E-state index in [0.29, 0.717) is 29.2 Å². The largest absolute Gasteiger partial charge is 0.462 e. The number of nitrogens with one attached hydrogen (secondary N) is 1. The minimum Gasteiger partial charge on any atom is -0.462 e. The summed E-state index contributed by atoms with van der Waals surface area (Å²) in [4.78, 5) is 25.5. The van der Waals surface area contributed by atoms with E-state index in [1.54, 1.807) is 50.2 Å². The normalized spacial score (nSPS) is 10.4. The lowest BCUT2D eigenvalue weighted by molar-refractivity contribution is 0.0526. The van der Waals surface area contributed by atoms with Crippen LogP contribution in [0.2, 0.25) is 0 Å². The zero-order chi connectivity index (χ0) is 18.5. The minimum atomic E-state index is -0.383. The van der Waals surface area contributed by atoms with Crippen molar-refractivity contribution in [3.05, 3.63) is 71.5 Å². The highest BCUT2D eigenvalue weighted by Crippen LogP contribution is 2.13. The van der Waals surface area contributed by atoms with Gasteiger partial charge in [-0.3, -0.25) is 4.79 Å². The molecule has 2 aromatic carbocycles. The maximum absolute atomic E-state index is 12.4. The highest BCUT2D eigenvalue weighted by atomic mass is 16.5. The van der Waals surface area contributed by atoms with Gasteiger partial charge in [-0.1, -0.05) is 18.2 Å². The van der Waals surface area contributed by atoms with Crippen molar-refractivity contribution in [2.24, 2.45) is 0 Å². The van der Waals surface area contributed by atoms with Gasteiger partial charge in [0.1, 0.15) is 0 Å². The Balaban J connectivity index is 1.79. The summed E-state index contributed by atoms with van der Waals surface area (Å²) in [5.41, 5.74) is 2.52. The standard InChI is InChI=1S/C19H18N4O3/c1-3-26-19(25)14-9-11-16(12-10-14)23-21-13(2)17(22-23)18(24)20-15-7-5-4-6-8-15/h4-12H,3H2,1-2H3,(H,20,24). The van der Waals surface area contributed by atoms with Crippen LogP contribution in [-0.2, 0) is 4.74 Å². The van der Waals surface area contributed by atoms with Gasteiger partial charge in [0.25, 0.3) is 5.91 Å². The Morgan fingerprint density at radius 3 is 2.38 bits per heavy atom. The SMILES string of the molecule is CCOC(=O)c1ccc(-n2nc(C)c(C(=O)Nc3ccccc3)n2)cc1. The van der Waals surface area contributed by atoms with Crippen molar-refractivity contribution >= 4 is 17.6 Å². The number of benzene rings is 2. The van der Waals surface area contributed by atoms with Gasteiger partial charge in [0.2, 0.25) is 0 Å². The number of aromatic nitrogens is 3. The van der Waals surface area contributed by atoms with Crippen molar-refractivity contribution in [1.82, 2.24) is 15.0 Å². The summed E-state index contributed by atoms with van der Waals surface area (Å²) in [7, 11) is 0.